The molecule has 0 unspecified atom stereocenters. The number of carboxylic acids is 1. The van der Waals surface area contributed by atoms with E-state index < -0.39 is 5.97 Å². The average Bonchev–Trinajstić information content (AvgIpc) is 2.39. The second kappa shape index (κ2) is 16.5. The smallest absolute Gasteiger partial charge is 1.00 e. The Labute approximate surface area is 143 Å². The van der Waals surface area contributed by atoms with Gasteiger partial charge in [0.15, 0.2) is 0 Å². The SMILES string of the molecule is CCCCCCCCCC(=O)O.Cc1ccccc1.[H-].[H-].[Mg+2]. The van der Waals surface area contributed by atoms with E-state index in [0.29, 0.717) is 6.42 Å². The van der Waals surface area contributed by atoms with E-state index in [4.69, 9.17) is 5.11 Å². The second-order valence-electron chi connectivity index (χ2n) is 4.92. The fraction of sp³-hybridized carbons (Fsp3) is 0.588. The third-order valence-electron chi connectivity index (χ3n) is 2.93. The molecule has 0 fully saturated rings. The second-order valence-corrected chi connectivity index (χ2v) is 4.92. The first-order valence-corrected chi connectivity index (χ1v) is 7.40. The van der Waals surface area contributed by atoms with Gasteiger partial charge in [0.1, 0.15) is 0 Å². The summed E-state index contributed by atoms with van der Waals surface area (Å²) < 4.78 is 0. The number of hydrogen-bond donors (Lipinski definition) is 1. The molecule has 0 amide bonds. The van der Waals surface area contributed by atoms with Crippen LogP contribution in [0.1, 0.15) is 66.7 Å². The molecule has 1 N–H and O–H groups in total. The van der Waals surface area contributed by atoms with Gasteiger partial charge in [-0.25, -0.2) is 0 Å². The van der Waals surface area contributed by atoms with Crippen molar-refractivity contribution in [3.8, 4) is 0 Å². The minimum Gasteiger partial charge on any atom is -1.00 e. The molecule has 0 saturated carbocycles. The van der Waals surface area contributed by atoms with Crippen molar-refractivity contribution in [3.05, 3.63) is 35.9 Å². The van der Waals surface area contributed by atoms with E-state index in [1.807, 2.05) is 18.2 Å². The minimum atomic E-state index is -0.663. The third-order valence-corrected chi connectivity index (χ3v) is 2.93. The maximum atomic E-state index is 10.1. The van der Waals surface area contributed by atoms with Crippen LogP contribution in [0.4, 0.5) is 0 Å². The summed E-state index contributed by atoms with van der Waals surface area (Å²) in [6.45, 7) is 4.28. The molecular formula is C17H30MgO2. The maximum absolute atomic E-state index is 10.1. The van der Waals surface area contributed by atoms with Gasteiger partial charge in [-0.3, -0.25) is 4.79 Å². The Bertz CT molecular complexity index is 322. The normalized spacial score (nSPS) is 9.10. The molecule has 0 saturated heterocycles. The molecule has 1 aromatic carbocycles. The van der Waals surface area contributed by atoms with Gasteiger partial charge in [0.05, 0.1) is 0 Å². The number of unbranched alkanes of at least 4 members (excludes halogenated alkanes) is 6. The number of rotatable bonds is 8. The van der Waals surface area contributed by atoms with Crippen LogP contribution in [0, 0.1) is 6.92 Å². The third kappa shape index (κ3) is 17.5. The number of aliphatic carboxylic acids is 1. The van der Waals surface area contributed by atoms with Crippen molar-refractivity contribution in [2.75, 3.05) is 0 Å². The largest absolute Gasteiger partial charge is 2.00 e. The molecular weight excluding hydrogens is 260 g/mol. The quantitative estimate of drug-likeness (QED) is 0.537. The van der Waals surface area contributed by atoms with E-state index in [0.717, 1.165) is 12.8 Å². The topological polar surface area (TPSA) is 37.3 Å². The summed E-state index contributed by atoms with van der Waals surface area (Å²) in [4.78, 5) is 10.1. The fourth-order valence-electron chi connectivity index (χ4n) is 1.77. The number of benzene rings is 1. The molecule has 1 rings (SSSR count). The minimum absolute atomic E-state index is 0. The molecule has 0 bridgehead atoms. The van der Waals surface area contributed by atoms with E-state index in [1.54, 1.807) is 0 Å². The van der Waals surface area contributed by atoms with Crippen LogP contribution in [0.15, 0.2) is 30.3 Å². The first-order valence-electron chi connectivity index (χ1n) is 7.40. The van der Waals surface area contributed by atoms with Crippen LogP contribution in [0.2, 0.25) is 0 Å². The summed E-state index contributed by atoms with van der Waals surface area (Å²) in [5.41, 5.74) is 1.32. The van der Waals surface area contributed by atoms with Gasteiger partial charge in [0.25, 0.3) is 0 Å². The van der Waals surface area contributed by atoms with Crippen LogP contribution in [0.3, 0.4) is 0 Å². The van der Waals surface area contributed by atoms with Crippen molar-refractivity contribution in [2.45, 2.75) is 65.2 Å². The molecule has 0 atom stereocenters. The molecule has 0 aromatic heterocycles. The van der Waals surface area contributed by atoms with Crippen molar-refractivity contribution in [2.24, 2.45) is 0 Å². The van der Waals surface area contributed by atoms with Gasteiger partial charge < -0.3 is 7.96 Å². The number of hydrogen-bond acceptors (Lipinski definition) is 1. The summed E-state index contributed by atoms with van der Waals surface area (Å²) in [5, 5.41) is 8.35. The molecule has 0 aliphatic rings. The Hall–Kier alpha value is -0.544. The molecule has 112 valence electrons. The van der Waals surface area contributed by atoms with Gasteiger partial charge in [-0.2, -0.15) is 0 Å². The van der Waals surface area contributed by atoms with Crippen molar-refractivity contribution < 1.29 is 12.8 Å². The van der Waals surface area contributed by atoms with Crippen molar-refractivity contribution >= 4 is 29.0 Å². The summed E-state index contributed by atoms with van der Waals surface area (Å²) >= 11 is 0. The summed E-state index contributed by atoms with van der Waals surface area (Å²) in [5.74, 6) is -0.663. The zero-order chi connectivity index (χ0) is 14.3. The Morgan fingerprint density at radius 2 is 1.50 bits per heavy atom. The first kappa shape index (κ1) is 21.7. The predicted octanol–water partition coefficient (Wildman–Crippen LogP) is 5.05. The van der Waals surface area contributed by atoms with E-state index in [9.17, 15) is 4.79 Å². The van der Waals surface area contributed by atoms with Crippen molar-refractivity contribution in [1.82, 2.24) is 0 Å². The van der Waals surface area contributed by atoms with Crippen LogP contribution < -0.4 is 0 Å². The van der Waals surface area contributed by atoms with Crippen LogP contribution >= 0.6 is 0 Å². The number of carbonyl (C=O) groups is 1. The van der Waals surface area contributed by atoms with Gasteiger partial charge >= 0.3 is 29.0 Å². The molecule has 2 nitrogen and oxygen atoms in total. The maximum Gasteiger partial charge on any atom is 2.00 e. The van der Waals surface area contributed by atoms with Crippen LogP contribution in [-0.2, 0) is 4.79 Å². The van der Waals surface area contributed by atoms with Crippen molar-refractivity contribution in [3.63, 3.8) is 0 Å². The molecule has 1 aromatic rings. The fourth-order valence-corrected chi connectivity index (χ4v) is 1.77. The zero-order valence-corrected chi connectivity index (χ0v) is 14.5. The molecule has 0 spiro atoms. The van der Waals surface area contributed by atoms with E-state index in [2.05, 4.69) is 26.0 Å². The van der Waals surface area contributed by atoms with E-state index >= 15 is 0 Å². The molecule has 3 heteroatoms. The van der Waals surface area contributed by atoms with E-state index in [1.165, 1.54) is 37.7 Å². The molecule has 0 heterocycles. The monoisotopic (exact) mass is 290 g/mol. The zero-order valence-electron chi connectivity index (χ0n) is 15.1. The molecule has 20 heavy (non-hydrogen) atoms. The van der Waals surface area contributed by atoms with Gasteiger partial charge in [0, 0.05) is 6.42 Å². The summed E-state index contributed by atoms with van der Waals surface area (Å²) in [7, 11) is 0. The predicted molar refractivity (Wildman–Crippen MR) is 89.4 cm³/mol. The number of carboxylic acid groups (broad SMARTS) is 1. The van der Waals surface area contributed by atoms with Crippen LogP contribution in [0.5, 0.6) is 0 Å². The standard InChI is InChI=1S/C10H20O2.C7H8.Mg.2H/c1-2-3-4-5-6-7-8-9-10(11)12;1-7-5-3-2-4-6-7;;;/h2-9H2,1H3,(H,11,12);2-6H,1H3;;;/q;;+2;2*-1. The summed E-state index contributed by atoms with van der Waals surface area (Å²) in [6, 6.07) is 10.3. The summed E-state index contributed by atoms with van der Waals surface area (Å²) in [6.07, 6.45) is 8.64. The molecule has 0 radical (unpaired) electrons. The van der Waals surface area contributed by atoms with Gasteiger partial charge in [-0.05, 0) is 13.3 Å². The van der Waals surface area contributed by atoms with Crippen LogP contribution in [-0.4, -0.2) is 34.1 Å². The average molecular weight is 291 g/mol. The first-order chi connectivity index (χ1) is 9.16. The van der Waals surface area contributed by atoms with Gasteiger partial charge in [-0.15, -0.1) is 0 Å². The Kier molecular flexibility index (Phi) is 18.0. The Balaban J connectivity index is -0.000000141. The Morgan fingerprint density at radius 1 is 1.00 bits per heavy atom. The van der Waals surface area contributed by atoms with Crippen molar-refractivity contribution in [1.29, 1.82) is 0 Å². The van der Waals surface area contributed by atoms with E-state index in [-0.39, 0.29) is 25.9 Å². The number of aryl methyl sites for hydroxylation is 1. The molecule has 0 aliphatic carbocycles. The Morgan fingerprint density at radius 3 is 1.90 bits per heavy atom. The van der Waals surface area contributed by atoms with Gasteiger partial charge in [0.2, 0.25) is 0 Å². The van der Waals surface area contributed by atoms with Crippen LogP contribution in [0.25, 0.3) is 0 Å². The van der Waals surface area contributed by atoms with Gasteiger partial charge in [-0.1, -0.05) is 81.3 Å². The molecule has 0 aliphatic heterocycles.